The maximum absolute atomic E-state index is 13.5. The number of benzene rings is 2. The Bertz CT molecular complexity index is 1090. The molecule has 0 aliphatic rings. The molecule has 0 bridgehead atoms. The summed E-state index contributed by atoms with van der Waals surface area (Å²) in [6.45, 7) is 5.41. The number of hydrogen-bond acceptors (Lipinski definition) is 4. The van der Waals surface area contributed by atoms with Crippen molar-refractivity contribution in [1.82, 2.24) is 10.2 Å². The first-order chi connectivity index (χ1) is 15.0. The van der Waals surface area contributed by atoms with Gasteiger partial charge >= 0.3 is 0 Å². The maximum Gasteiger partial charge on any atom is 0.244 e. The summed E-state index contributed by atoms with van der Waals surface area (Å²) in [4.78, 5) is 27.5. The van der Waals surface area contributed by atoms with Gasteiger partial charge in [-0.2, -0.15) is 0 Å². The van der Waals surface area contributed by atoms with E-state index in [1.54, 1.807) is 18.2 Å². The van der Waals surface area contributed by atoms with Gasteiger partial charge in [-0.3, -0.25) is 13.9 Å². The molecule has 0 radical (unpaired) electrons. The molecule has 2 aromatic carbocycles. The lowest BCUT2D eigenvalue weighted by Crippen LogP contribution is -2.51. The minimum Gasteiger partial charge on any atom is -0.357 e. The van der Waals surface area contributed by atoms with Crippen LogP contribution < -0.4 is 9.62 Å². The van der Waals surface area contributed by atoms with Gasteiger partial charge in [0.2, 0.25) is 21.8 Å². The maximum atomic E-state index is 13.5. The molecule has 0 aliphatic carbocycles. The number of nitrogens with one attached hydrogen (secondary N) is 1. The molecule has 2 aromatic rings. The molecule has 1 N–H and O–H groups in total. The van der Waals surface area contributed by atoms with E-state index in [9.17, 15) is 18.0 Å². The third-order valence-corrected chi connectivity index (χ3v) is 7.21. The van der Waals surface area contributed by atoms with Crippen molar-refractivity contribution in [3.8, 4) is 0 Å². The van der Waals surface area contributed by atoms with Crippen molar-refractivity contribution >= 4 is 43.5 Å². The van der Waals surface area contributed by atoms with Crippen LogP contribution in [0.25, 0.3) is 0 Å². The summed E-state index contributed by atoms with van der Waals surface area (Å²) in [5.74, 6) is -0.744. The average Bonchev–Trinajstić information content (AvgIpc) is 2.72. The zero-order chi connectivity index (χ0) is 24.1. The number of aryl methyl sites for hydroxylation is 2. The van der Waals surface area contributed by atoms with Crippen LogP contribution in [-0.2, 0) is 26.2 Å². The molecule has 0 spiro atoms. The van der Waals surface area contributed by atoms with Gasteiger partial charge in [0.25, 0.3) is 0 Å². The predicted molar refractivity (Wildman–Crippen MR) is 131 cm³/mol. The average molecular weight is 524 g/mol. The highest BCUT2D eigenvalue weighted by molar-refractivity contribution is 9.10. The minimum absolute atomic E-state index is 0.198. The van der Waals surface area contributed by atoms with Crippen molar-refractivity contribution in [2.24, 2.45) is 0 Å². The Hall–Kier alpha value is -2.39. The Morgan fingerprint density at radius 1 is 1.12 bits per heavy atom. The molecule has 0 aliphatic heterocycles. The number of sulfonamides is 1. The van der Waals surface area contributed by atoms with E-state index in [0.29, 0.717) is 12.1 Å². The zero-order valence-corrected chi connectivity index (χ0v) is 21.5. The first-order valence-electron chi connectivity index (χ1n) is 10.3. The predicted octanol–water partition coefficient (Wildman–Crippen LogP) is 3.39. The van der Waals surface area contributed by atoms with Gasteiger partial charge in [0.1, 0.15) is 12.6 Å². The minimum atomic E-state index is -3.74. The van der Waals surface area contributed by atoms with E-state index in [1.807, 2.05) is 45.0 Å². The van der Waals surface area contributed by atoms with Crippen LogP contribution in [0.3, 0.4) is 0 Å². The second kappa shape index (κ2) is 11.0. The number of anilines is 1. The summed E-state index contributed by atoms with van der Waals surface area (Å²) in [5, 5.41) is 2.61. The summed E-state index contributed by atoms with van der Waals surface area (Å²) >= 11 is 3.41. The number of halogens is 1. The molecule has 0 fully saturated rings. The number of hydrogen-bond donors (Lipinski definition) is 1. The second-order valence-electron chi connectivity index (χ2n) is 7.75. The normalized spacial score (nSPS) is 12.2. The molecule has 32 heavy (non-hydrogen) atoms. The lowest BCUT2D eigenvalue weighted by molar-refractivity contribution is -0.140. The van der Waals surface area contributed by atoms with E-state index in [1.165, 1.54) is 11.9 Å². The van der Waals surface area contributed by atoms with Crippen LogP contribution in [0.5, 0.6) is 0 Å². The molecule has 7 nitrogen and oxygen atoms in total. The highest BCUT2D eigenvalue weighted by atomic mass is 79.9. The van der Waals surface area contributed by atoms with E-state index in [2.05, 4.69) is 21.2 Å². The van der Waals surface area contributed by atoms with Crippen LogP contribution in [-0.4, -0.2) is 51.0 Å². The zero-order valence-electron chi connectivity index (χ0n) is 19.1. The van der Waals surface area contributed by atoms with Crippen molar-refractivity contribution in [2.45, 2.75) is 39.8 Å². The van der Waals surface area contributed by atoms with E-state index in [0.717, 1.165) is 31.7 Å². The molecule has 1 atom stereocenters. The monoisotopic (exact) mass is 523 g/mol. The first-order valence-corrected chi connectivity index (χ1v) is 12.9. The molecule has 174 valence electrons. The lowest BCUT2D eigenvalue weighted by Gasteiger charge is -2.32. The van der Waals surface area contributed by atoms with E-state index >= 15 is 0 Å². The van der Waals surface area contributed by atoms with Crippen molar-refractivity contribution < 1.29 is 18.0 Å². The quantitative estimate of drug-likeness (QED) is 0.545. The van der Waals surface area contributed by atoms with Gasteiger partial charge in [0, 0.05) is 18.1 Å². The van der Waals surface area contributed by atoms with Crippen molar-refractivity contribution in [3.05, 3.63) is 63.6 Å². The summed E-state index contributed by atoms with van der Waals surface area (Å²) in [5.41, 5.74) is 3.14. The van der Waals surface area contributed by atoms with Gasteiger partial charge in [-0.05, 0) is 49.6 Å². The highest BCUT2D eigenvalue weighted by Gasteiger charge is 2.31. The molecular weight excluding hydrogens is 494 g/mol. The number of carbonyl (C=O) groups excluding carboxylic acids is 2. The van der Waals surface area contributed by atoms with Crippen LogP contribution in [0.4, 0.5) is 5.69 Å². The van der Waals surface area contributed by atoms with Gasteiger partial charge in [-0.25, -0.2) is 8.42 Å². The summed E-state index contributed by atoms with van der Waals surface area (Å²) < 4.78 is 27.1. The third kappa shape index (κ3) is 6.56. The van der Waals surface area contributed by atoms with Crippen LogP contribution in [0.15, 0.2) is 46.9 Å². The Kier molecular flexibility index (Phi) is 8.86. The van der Waals surface area contributed by atoms with Crippen LogP contribution in [0.1, 0.15) is 30.0 Å². The third-order valence-electron chi connectivity index (χ3n) is 5.18. The fraction of sp³-hybridized carbons (Fsp3) is 0.391. The van der Waals surface area contributed by atoms with Gasteiger partial charge in [-0.15, -0.1) is 0 Å². The molecule has 0 saturated heterocycles. The summed E-state index contributed by atoms with van der Waals surface area (Å²) in [6, 6.07) is 12.1. The van der Waals surface area contributed by atoms with Crippen molar-refractivity contribution in [3.63, 3.8) is 0 Å². The number of likely N-dealkylation sites (N-methyl/N-ethyl adjacent to an activating group) is 1. The van der Waals surface area contributed by atoms with E-state index in [-0.39, 0.29) is 12.5 Å². The Labute approximate surface area is 199 Å². The van der Waals surface area contributed by atoms with Gasteiger partial charge in [0.15, 0.2) is 0 Å². The summed E-state index contributed by atoms with van der Waals surface area (Å²) in [6.07, 6.45) is 1.46. The van der Waals surface area contributed by atoms with Gasteiger partial charge in [-0.1, -0.05) is 52.7 Å². The molecule has 0 saturated carbocycles. The van der Waals surface area contributed by atoms with Crippen LogP contribution in [0.2, 0.25) is 0 Å². The molecule has 0 heterocycles. The van der Waals surface area contributed by atoms with Crippen molar-refractivity contribution in [2.75, 3.05) is 24.2 Å². The topological polar surface area (TPSA) is 86.8 Å². The first kappa shape index (κ1) is 25.9. The van der Waals surface area contributed by atoms with Crippen LogP contribution >= 0.6 is 15.9 Å². The molecule has 9 heteroatoms. The van der Waals surface area contributed by atoms with E-state index < -0.39 is 28.5 Å². The fourth-order valence-electron chi connectivity index (χ4n) is 3.49. The lowest BCUT2D eigenvalue weighted by atomic mass is 10.1. The van der Waals surface area contributed by atoms with Crippen LogP contribution in [0, 0.1) is 13.8 Å². The Morgan fingerprint density at radius 2 is 1.81 bits per heavy atom. The van der Waals surface area contributed by atoms with Crippen molar-refractivity contribution in [1.29, 1.82) is 0 Å². The molecular formula is C23H30BrN3O4S. The number of rotatable bonds is 9. The summed E-state index contributed by atoms with van der Waals surface area (Å²) in [7, 11) is -2.22. The largest absolute Gasteiger partial charge is 0.357 e. The number of carbonyl (C=O) groups is 2. The Morgan fingerprint density at radius 3 is 2.34 bits per heavy atom. The smallest absolute Gasteiger partial charge is 0.244 e. The Balaban J connectivity index is 2.45. The standard InChI is InChI=1S/C23H30BrN3O4S/c1-6-21(23(29)25-4)26(14-18-9-7-8-16(2)12-18)22(28)15-27(32(5,30)31)19-10-11-20(24)17(3)13-19/h7-13,21H,6,14-15H2,1-5H3,(H,25,29). The SMILES string of the molecule is CCC(C(=O)NC)N(Cc1cccc(C)c1)C(=O)CN(c1ccc(Br)c(C)c1)S(C)(=O)=O. The fourth-order valence-corrected chi connectivity index (χ4v) is 4.58. The molecule has 1 unspecified atom stereocenters. The highest BCUT2D eigenvalue weighted by Crippen LogP contribution is 2.25. The van der Waals surface area contributed by atoms with Gasteiger partial charge in [0.05, 0.1) is 11.9 Å². The number of nitrogens with zero attached hydrogens (tertiary/aromatic N) is 2. The molecule has 2 rings (SSSR count). The van der Waals surface area contributed by atoms with E-state index in [4.69, 9.17) is 0 Å². The van der Waals surface area contributed by atoms with Gasteiger partial charge < -0.3 is 10.2 Å². The number of amides is 2. The molecule has 0 aromatic heterocycles. The second-order valence-corrected chi connectivity index (χ2v) is 10.5. The molecule has 2 amide bonds.